The Morgan fingerprint density at radius 1 is 0.615 bits per heavy atom. The van der Waals surface area contributed by atoms with E-state index in [0.717, 1.165) is 45.1 Å². The molecule has 10 nitrogen and oxygen atoms in total. The molecule has 3 rings (SSSR count). The van der Waals surface area contributed by atoms with Crippen LogP contribution in [0.1, 0.15) is 80.0 Å². The van der Waals surface area contributed by atoms with Gasteiger partial charge in [0.15, 0.2) is 0 Å². The number of anilines is 5. The lowest BCUT2D eigenvalue weighted by molar-refractivity contribution is 0.0490. The Hall–Kier alpha value is -4.21. The SMILES string of the molecule is CCCCNc1nc(Nc2ccc(C(=O)OCCCC)cc2)nc(Nc2ccc(C(=O)OCCCC)cc2)n1. The molecule has 0 unspecified atom stereocenters. The van der Waals surface area contributed by atoms with Crippen LogP contribution in [0, 0.1) is 0 Å². The third-order valence-corrected chi connectivity index (χ3v) is 5.66. The minimum absolute atomic E-state index is 0.334. The van der Waals surface area contributed by atoms with E-state index in [1.807, 2.05) is 13.8 Å². The van der Waals surface area contributed by atoms with Gasteiger partial charge >= 0.3 is 11.9 Å². The lowest BCUT2D eigenvalue weighted by Gasteiger charge is -2.12. The number of unbranched alkanes of at least 4 members (excludes halogenated alkanes) is 3. The van der Waals surface area contributed by atoms with Crippen LogP contribution in [-0.4, -0.2) is 46.6 Å². The number of carbonyl (C=O) groups excluding carboxylic acids is 2. The zero-order valence-corrected chi connectivity index (χ0v) is 23.0. The van der Waals surface area contributed by atoms with Crippen molar-refractivity contribution in [2.75, 3.05) is 35.7 Å². The summed E-state index contributed by atoms with van der Waals surface area (Å²) in [5.74, 6) is 0.408. The quantitative estimate of drug-likeness (QED) is 0.139. The Kier molecular flexibility index (Phi) is 12.0. The van der Waals surface area contributed by atoms with Crippen molar-refractivity contribution in [2.24, 2.45) is 0 Å². The van der Waals surface area contributed by atoms with Crippen LogP contribution in [0.25, 0.3) is 0 Å². The zero-order chi connectivity index (χ0) is 27.9. The molecular formula is C29H38N6O4. The molecule has 0 amide bonds. The summed E-state index contributed by atoms with van der Waals surface area (Å²) in [7, 11) is 0. The van der Waals surface area contributed by atoms with E-state index in [2.05, 4.69) is 37.8 Å². The Morgan fingerprint density at radius 3 is 1.44 bits per heavy atom. The second kappa shape index (κ2) is 15.9. The summed E-state index contributed by atoms with van der Waals surface area (Å²) in [5, 5.41) is 9.57. The molecule has 1 heterocycles. The van der Waals surface area contributed by atoms with Crippen LogP contribution in [0.3, 0.4) is 0 Å². The van der Waals surface area contributed by atoms with Gasteiger partial charge in [-0.3, -0.25) is 0 Å². The first-order chi connectivity index (χ1) is 19.0. The molecule has 39 heavy (non-hydrogen) atoms. The van der Waals surface area contributed by atoms with E-state index < -0.39 is 0 Å². The lowest BCUT2D eigenvalue weighted by atomic mass is 10.2. The van der Waals surface area contributed by atoms with Crippen LogP contribution >= 0.6 is 0 Å². The summed E-state index contributed by atoms with van der Waals surface area (Å²) in [6.07, 6.45) is 5.62. The molecule has 1 aromatic heterocycles. The third kappa shape index (κ3) is 9.88. The standard InChI is InChI=1S/C29H38N6O4/c1-4-7-18-30-27-33-28(31-23-14-10-21(11-15-23)25(36)38-19-8-5-2)35-29(34-27)32-24-16-12-22(13-17-24)26(37)39-20-9-6-3/h10-17H,4-9,18-20H2,1-3H3,(H3,30,31,32,33,34,35). The second-order valence-corrected chi connectivity index (χ2v) is 8.97. The maximum absolute atomic E-state index is 12.2. The molecule has 0 spiro atoms. The molecular weight excluding hydrogens is 496 g/mol. The maximum Gasteiger partial charge on any atom is 0.338 e. The van der Waals surface area contributed by atoms with Crippen LogP contribution in [0.4, 0.5) is 29.2 Å². The van der Waals surface area contributed by atoms with Gasteiger partial charge in [0.1, 0.15) is 0 Å². The van der Waals surface area contributed by atoms with Gasteiger partial charge in [0.05, 0.1) is 24.3 Å². The van der Waals surface area contributed by atoms with Crippen molar-refractivity contribution in [3.05, 3.63) is 59.7 Å². The van der Waals surface area contributed by atoms with E-state index in [9.17, 15) is 9.59 Å². The van der Waals surface area contributed by atoms with Crippen molar-refractivity contribution < 1.29 is 19.1 Å². The van der Waals surface area contributed by atoms with Crippen molar-refractivity contribution in [3.8, 4) is 0 Å². The van der Waals surface area contributed by atoms with Crippen molar-refractivity contribution in [1.29, 1.82) is 0 Å². The lowest BCUT2D eigenvalue weighted by Crippen LogP contribution is -2.11. The van der Waals surface area contributed by atoms with Crippen LogP contribution in [0.5, 0.6) is 0 Å². The van der Waals surface area contributed by atoms with Crippen LogP contribution in [-0.2, 0) is 9.47 Å². The average Bonchev–Trinajstić information content (AvgIpc) is 2.94. The molecule has 0 bridgehead atoms. The fraction of sp³-hybridized carbons (Fsp3) is 0.414. The van der Waals surface area contributed by atoms with E-state index in [4.69, 9.17) is 9.47 Å². The van der Waals surface area contributed by atoms with E-state index >= 15 is 0 Å². The number of carbonyl (C=O) groups is 2. The summed E-state index contributed by atoms with van der Waals surface area (Å²) in [4.78, 5) is 37.8. The first-order valence-corrected chi connectivity index (χ1v) is 13.6. The van der Waals surface area contributed by atoms with Crippen LogP contribution in [0.15, 0.2) is 48.5 Å². The highest BCUT2D eigenvalue weighted by Gasteiger charge is 2.11. The zero-order valence-electron chi connectivity index (χ0n) is 23.0. The third-order valence-electron chi connectivity index (χ3n) is 5.66. The number of nitrogens with one attached hydrogen (secondary N) is 3. The van der Waals surface area contributed by atoms with Crippen molar-refractivity contribution in [2.45, 2.75) is 59.3 Å². The summed E-state index contributed by atoms with van der Waals surface area (Å²) in [6, 6.07) is 13.9. The fourth-order valence-corrected chi connectivity index (χ4v) is 3.37. The first kappa shape index (κ1) is 29.3. The van der Waals surface area contributed by atoms with E-state index in [1.54, 1.807) is 48.5 Å². The first-order valence-electron chi connectivity index (χ1n) is 13.6. The van der Waals surface area contributed by atoms with Crippen molar-refractivity contribution in [3.63, 3.8) is 0 Å². The van der Waals surface area contributed by atoms with Gasteiger partial charge in [-0.15, -0.1) is 0 Å². The highest BCUT2D eigenvalue weighted by Crippen LogP contribution is 2.20. The van der Waals surface area contributed by atoms with Crippen molar-refractivity contribution >= 4 is 41.2 Å². The average molecular weight is 535 g/mol. The summed E-state index contributed by atoms with van der Waals surface area (Å²) < 4.78 is 10.5. The fourth-order valence-electron chi connectivity index (χ4n) is 3.37. The van der Waals surface area contributed by atoms with Gasteiger partial charge < -0.3 is 25.4 Å². The summed E-state index contributed by atoms with van der Waals surface area (Å²) in [6.45, 7) is 7.76. The number of rotatable bonds is 16. The molecule has 0 aliphatic heterocycles. The van der Waals surface area contributed by atoms with Gasteiger partial charge in [-0.25, -0.2) is 9.59 Å². The van der Waals surface area contributed by atoms with Gasteiger partial charge in [-0.2, -0.15) is 15.0 Å². The molecule has 0 atom stereocenters. The number of aromatic nitrogens is 3. The highest BCUT2D eigenvalue weighted by atomic mass is 16.5. The number of ether oxygens (including phenoxy) is 2. The molecule has 0 aliphatic carbocycles. The Morgan fingerprint density at radius 2 is 1.03 bits per heavy atom. The van der Waals surface area contributed by atoms with Gasteiger partial charge in [0.25, 0.3) is 0 Å². The smallest absolute Gasteiger partial charge is 0.338 e. The molecule has 0 fully saturated rings. The number of nitrogens with zero attached hydrogens (tertiary/aromatic N) is 3. The molecule has 0 radical (unpaired) electrons. The summed E-state index contributed by atoms with van der Waals surface area (Å²) >= 11 is 0. The number of benzene rings is 2. The maximum atomic E-state index is 12.2. The van der Waals surface area contributed by atoms with Gasteiger partial charge in [0.2, 0.25) is 17.8 Å². The van der Waals surface area contributed by atoms with Crippen molar-refractivity contribution in [1.82, 2.24) is 15.0 Å². The van der Waals surface area contributed by atoms with Crippen LogP contribution in [0.2, 0.25) is 0 Å². The minimum Gasteiger partial charge on any atom is -0.462 e. The van der Waals surface area contributed by atoms with E-state index in [0.29, 0.717) is 53.6 Å². The molecule has 10 heteroatoms. The largest absolute Gasteiger partial charge is 0.462 e. The van der Waals surface area contributed by atoms with E-state index in [1.165, 1.54) is 0 Å². The van der Waals surface area contributed by atoms with E-state index in [-0.39, 0.29) is 11.9 Å². The second-order valence-electron chi connectivity index (χ2n) is 8.97. The van der Waals surface area contributed by atoms with Gasteiger partial charge in [0, 0.05) is 17.9 Å². The normalized spacial score (nSPS) is 10.5. The molecule has 3 N–H and O–H groups in total. The minimum atomic E-state index is -0.343. The Bertz CT molecular complexity index is 1100. The molecule has 208 valence electrons. The Labute approximate surface area is 230 Å². The molecule has 2 aromatic carbocycles. The molecule has 0 saturated heterocycles. The molecule has 3 aromatic rings. The number of hydrogen-bond acceptors (Lipinski definition) is 10. The highest BCUT2D eigenvalue weighted by molar-refractivity contribution is 5.90. The number of esters is 2. The number of hydrogen-bond donors (Lipinski definition) is 3. The van der Waals surface area contributed by atoms with Crippen LogP contribution < -0.4 is 16.0 Å². The predicted octanol–water partition coefficient (Wildman–Crippen LogP) is 6.48. The molecule has 0 aliphatic rings. The topological polar surface area (TPSA) is 127 Å². The Balaban J connectivity index is 1.71. The predicted molar refractivity (Wildman–Crippen MR) is 153 cm³/mol. The summed E-state index contributed by atoms with van der Waals surface area (Å²) in [5.41, 5.74) is 2.38. The van der Waals surface area contributed by atoms with Gasteiger partial charge in [-0.05, 0) is 67.8 Å². The monoisotopic (exact) mass is 534 g/mol. The van der Waals surface area contributed by atoms with Gasteiger partial charge in [-0.1, -0.05) is 40.0 Å². The molecule has 0 saturated carbocycles.